The molecule has 20 heavy (non-hydrogen) atoms. The number of rotatable bonds is 4. The third-order valence-corrected chi connectivity index (χ3v) is 3.35. The Bertz CT molecular complexity index is 687. The molecular formula is C16H17N3O. The molecule has 0 saturated carbocycles. The van der Waals surface area contributed by atoms with Crippen molar-refractivity contribution in [2.24, 2.45) is 5.73 Å². The molecule has 0 spiro atoms. The van der Waals surface area contributed by atoms with Gasteiger partial charge in [-0.2, -0.15) is 4.98 Å². The minimum absolute atomic E-state index is 0.539. The van der Waals surface area contributed by atoms with E-state index in [0.29, 0.717) is 12.6 Å². The minimum Gasteiger partial charge on any atom is -0.423 e. The number of nitrogens with two attached hydrogens (primary N) is 1. The molecule has 0 atom stereocenters. The largest absolute Gasteiger partial charge is 0.423 e. The normalized spacial score (nSPS) is 10.9. The van der Waals surface area contributed by atoms with Crippen molar-refractivity contribution in [2.45, 2.75) is 13.1 Å². The Morgan fingerprint density at radius 3 is 2.50 bits per heavy atom. The van der Waals surface area contributed by atoms with Gasteiger partial charge in [0.05, 0.1) is 0 Å². The molecule has 2 N–H and O–H groups in total. The van der Waals surface area contributed by atoms with Crippen LogP contribution in [-0.4, -0.2) is 12.0 Å². The average Bonchev–Trinajstić information content (AvgIpc) is 2.92. The summed E-state index contributed by atoms with van der Waals surface area (Å²) in [5.74, 6) is 0. The SMILES string of the molecule is CN(Cc1ccccc1CN)c1nc2ccccc2o1. The van der Waals surface area contributed by atoms with Gasteiger partial charge in [0.2, 0.25) is 0 Å². The van der Waals surface area contributed by atoms with E-state index >= 15 is 0 Å². The van der Waals surface area contributed by atoms with Gasteiger partial charge in [0.15, 0.2) is 5.58 Å². The van der Waals surface area contributed by atoms with Gasteiger partial charge in [0, 0.05) is 20.1 Å². The van der Waals surface area contributed by atoms with Crippen molar-refractivity contribution < 1.29 is 4.42 Å². The number of oxazole rings is 1. The van der Waals surface area contributed by atoms with Gasteiger partial charge in [-0.3, -0.25) is 0 Å². The van der Waals surface area contributed by atoms with Crippen molar-refractivity contribution in [1.82, 2.24) is 4.98 Å². The molecule has 3 aromatic rings. The Hall–Kier alpha value is -2.33. The Labute approximate surface area is 117 Å². The number of hydrogen-bond donors (Lipinski definition) is 1. The van der Waals surface area contributed by atoms with E-state index in [1.165, 1.54) is 5.56 Å². The lowest BCUT2D eigenvalue weighted by atomic mass is 10.1. The zero-order valence-electron chi connectivity index (χ0n) is 11.4. The molecule has 0 radical (unpaired) electrons. The molecule has 0 aliphatic rings. The highest BCUT2D eigenvalue weighted by Crippen LogP contribution is 2.22. The third-order valence-electron chi connectivity index (χ3n) is 3.35. The van der Waals surface area contributed by atoms with Gasteiger partial charge in [-0.25, -0.2) is 0 Å². The molecule has 3 rings (SSSR count). The number of nitrogens with zero attached hydrogens (tertiary/aromatic N) is 2. The van der Waals surface area contributed by atoms with E-state index in [2.05, 4.69) is 17.1 Å². The summed E-state index contributed by atoms with van der Waals surface area (Å²) in [4.78, 5) is 6.49. The van der Waals surface area contributed by atoms with Gasteiger partial charge in [-0.05, 0) is 23.3 Å². The monoisotopic (exact) mass is 267 g/mol. The van der Waals surface area contributed by atoms with Crippen LogP contribution in [0, 0.1) is 0 Å². The fraction of sp³-hybridized carbons (Fsp3) is 0.188. The van der Waals surface area contributed by atoms with E-state index in [1.54, 1.807) is 0 Å². The Morgan fingerprint density at radius 2 is 1.75 bits per heavy atom. The minimum atomic E-state index is 0.539. The highest BCUT2D eigenvalue weighted by atomic mass is 16.4. The molecule has 1 heterocycles. The third kappa shape index (κ3) is 2.38. The van der Waals surface area contributed by atoms with Crippen LogP contribution in [0.2, 0.25) is 0 Å². The van der Waals surface area contributed by atoms with E-state index in [9.17, 15) is 0 Å². The molecular weight excluding hydrogens is 250 g/mol. The average molecular weight is 267 g/mol. The molecule has 0 aliphatic heterocycles. The standard InChI is InChI=1S/C16H17N3O/c1-19(11-13-7-3-2-6-12(13)10-17)16-18-14-8-4-5-9-15(14)20-16/h2-9H,10-11,17H2,1H3. The van der Waals surface area contributed by atoms with Crippen molar-refractivity contribution in [3.05, 3.63) is 59.7 Å². The predicted molar refractivity (Wildman–Crippen MR) is 80.4 cm³/mol. The molecule has 0 bridgehead atoms. The number of hydrogen-bond acceptors (Lipinski definition) is 4. The zero-order chi connectivity index (χ0) is 13.9. The Morgan fingerprint density at radius 1 is 1.05 bits per heavy atom. The van der Waals surface area contributed by atoms with Gasteiger partial charge in [-0.1, -0.05) is 36.4 Å². The number of para-hydroxylation sites is 2. The van der Waals surface area contributed by atoms with Crippen LogP contribution in [0.1, 0.15) is 11.1 Å². The maximum Gasteiger partial charge on any atom is 0.298 e. The molecule has 0 unspecified atom stereocenters. The van der Waals surface area contributed by atoms with E-state index in [0.717, 1.165) is 23.2 Å². The number of fused-ring (bicyclic) bond motifs is 1. The lowest BCUT2D eigenvalue weighted by Crippen LogP contribution is -2.18. The fourth-order valence-electron chi connectivity index (χ4n) is 2.26. The predicted octanol–water partition coefficient (Wildman–Crippen LogP) is 2.92. The first-order valence-corrected chi connectivity index (χ1v) is 6.61. The smallest absolute Gasteiger partial charge is 0.298 e. The topological polar surface area (TPSA) is 55.3 Å². The molecule has 0 fully saturated rings. The van der Waals surface area contributed by atoms with Gasteiger partial charge < -0.3 is 15.1 Å². The summed E-state index contributed by atoms with van der Waals surface area (Å²) in [7, 11) is 1.97. The quantitative estimate of drug-likeness (QED) is 0.789. The van der Waals surface area contributed by atoms with Crippen molar-refractivity contribution in [2.75, 3.05) is 11.9 Å². The molecule has 4 nitrogen and oxygen atoms in total. The summed E-state index contributed by atoms with van der Waals surface area (Å²) < 4.78 is 5.76. The molecule has 2 aromatic carbocycles. The molecule has 102 valence electrons. The summed E-state index contributed by atoms with van der Waals surface area (Å²) in [6.07, 6.45) is 0. The number of benzene rings is 2. The highest BCUT2D eigenvalue weighted by Gasteiger charge is 2.11. The van der Waals surface area contributed by atoms with Gasteiger partial charge in [-0.15, -0.1) is 0 Å². The highest BCUT2D eigenvalue weighted by molar-refractivity contribution is 5.74. The Balaban J connectivity index is 1.87. The van der Waals surface area contributed by atoms with Crippen molar-refractivity contribution in [3.8, 4) is 0 Å². The molecule has 1 aromatic heterocycles. The van der Waals surface area contributed by atoms with Crippen molar-refractivity contribution >= 4 is 17.1 Å². The Kier molecular flexibility index (Phi) is 3.39. The number of anilines is 1. The maximum absolute atomic E-state index is 5.77. The fourth-order valence-corrected chi connectivity index (χ4v) is 2.26. The lowest BCUT2D eigenvalue weighted by molar-refractivity contribution is 0.582. The van der Waals surface area contributed by atoms with E-state index in [-0.39, 0.29) is 0 Å². The second kappa shape index (κ2) is 5.35. The summed E-state index contributed by atoms with van der Waals surface area (Å²) in [5.41, 5.74) is 9.79. The van der Waals surface area contributed by atoms with Crippen LogP contribution in [0.3, 0.4) is 0 Å². The molecule has 0 amide bonds. The maximum atomic E-state index is 5.77. The van der Waals surface area contributed by atoms with Crippen LogP contribution < -0.4 is 10.6 Å². The van der Waals surface area contributed by atoms with Crippen LogP contribution >= 0.6 is 0 Å². The molecule has 0 saturated heterocycles. The lowest BCUT2D eigenvalue weighted by Gasteiger charge is -2.16. The van der Waals surface area contributed by atoms with Gasteiger partial charge >= 0.3 is 0 Å². The van der Waals surface area contributed by atoms with E-state index < -0.39 is 0 Å². The molecule has 0 aliphatic carbocycles. The summed E-state index contributed by atoms with van der Waals surface area (Å²) in [6, 6.07) is 16.6. The summed E-state index contributed by atoms with van der Waals surface area (Å²) >= 11 is 0. The van der Waals surface area contributed by atoms with Crippen molar-refractivity contribution in [1.29, 1.82) is 0 Å². The first-order valence-electron chi connectivity index (χ1n) is 6.61. The van der Waals surface area contributed by atoms with Gasteiger partial charge in [0.25, 0.3) is 6.01 Å². The second-order valence-corrected chi connectivity index (χ2v) is 4.79. The second-order valence-electron chi connectivity index (χ2n) is 4.79. The van der Waals surface area contributed by atoms with Crippen LogP contribution in [0.15, 0.2) is 52.9 Å². The van der Waals surface area contributed by atoms with E-state index in [1.807, 2.05) is 48.3 Å². The van der Waals surface area contributed by atoms with Crippen molar-refractivity contribution in [3.63, 3.8) is 0 Å². The summed E-state index contributed by atoms with van der Waals surface area (Å²) in [5, 5.41) is 0. The van der Waals surface area contributed by atoms with Crippen LogP contribution in [0.25, 0.3) is 11.1 Å². The van der Waals surface area contributed by atoms with Gasteiger partial charge in [0.1, 0.15) is 5.52 Å². The first-order chi connectivity index (χ1) is 9.78. The molecule has 4 heteroatoms. The summed E-state index contributed by atoms with van der Waals surface area (Å²) in [6.45, 7) is 1.26. The van der Waals surface area contributed by atoms with Crippen LogP contribution in [-0.2, 0) is 13.1 Å². The van der Waals surface area contributed by atoms with Crippen LogP contribution in [0.5, 0.6) is 0 Å². The number of aromatic nitrogens is 1. The van der Waals surface area contributed by atoms with Crippen LogP contribution in [0.4, 0.5) is 6.01 Å². The zero-order valence-corrected chi connectivity index (χ0v) is 11.4. The first kappa shape index (κ1) is 12.7. The van der Waals surface area contributed by atoms with E-state index in [4.69, 9.17) is 10.2 Å².